The molecule has 0 unspecified atom stereocenters. The van der Waals surface area contributed by atoms with Gasteiger partial charge in [-0.05, 0) is 50.5 Å². The van der Waals surface area contributed by atoms with E-state index in [1.54, 1.807) is 0 Å². The smallest absolute Gasteiger partial charge is 0.254 e. The van der Waals surface area contributed by atoms with Crippen molar-refractivity contribution in [2.24, 2.45) is 5.92 Å². The molecule has 160 valence electrons. The van der Waals surface area contributed by atoms with Gasteiger partial charge in [-0.2, -0.15) is 0 Å². The maximum atomic E-state index is 12.8. The molecule has 7 heteroatoms. The zero-order chi connectivity index (χ0) is 22.0. The third-order valence-corrected chi connectivity index (χ3v) is 6.81. The summed E-state index contributed by atoms with van der Waals surface area (Å²) < 4.78 is 0. The summed E-state index contributed by atoms with van der Waals surface area (Å²) in [6, 6.07) is 15.1. The Balaban J connectivity index is 1.36. The lowest BCUT2D eigenvalue weighted by atomic mass is 9.95. The van der Waals surface area contributed by atoms with E-state index in [-0.39, 0.29) is 17.7 Å². The molecule has 0 aliphatic carbocycles. The van der Waals surface area contributed by atoms with Crippen molar-refractivity contribution >= 4 is 39.9 Å². The summed E-state index contributed by atoms with van der Waals surface area (Å²) >= 11 is 7.44. The minimum Gasteiger partial charge on any atom is -0.339 e. The Morgan fingerprint density at radius 3 is 2.42 bits per heavy atom. The van der Waals surface area contributed by atoms with E-state index in [0.717, 1.165) is 27.3 Å². The number of halogens is 1. The Morgan fingerprint density at radius 2 is 1.74 bits per heavy atom. The number of carbonyl (C=O) groups is 2. The Hall–Kier alpha value is -2.70. The SMILES string of the molecule is Cc1ccccc1C(=O)N1CCC(C(=O)Nc2nc(-c3ccc(Cl)cc3)c(C)s2)CC1. The van der Waals surface area contributed by atoms with Gasteiger partial charge in [-0.15, -0.1) is 11.3 Å². The molecule has 1 saturated heterocycles. The molecular weight excluding hydrogens is 430 g/mol. The molecule has 1 aliphatic heterocycles. The van der Waals surface area contributed by atoms with Crippen LogP contribution >= 0.6 is 22.9 Å². The second kappa shape index (κ2) is 9.20. The fourth-order valence-corrected chi connectivity index (χ4v) is 4.83. The van der Waals surface area contributed by atoms with Crippen molar-refractivity contribution in [1.29, 1.82) is 0 Å². The molecule has 2 amide bonds. The third-order valence-electron chi connectivity index (χ3n) is 5.67. The molecule has 3 aromatic rings. The van der Waals surface area contributed by atoms with Crippen LogP contribution in [-0.2, 0) is 4.79 Å². The number of anilines is 1. The molecule has 5 nitrogen and oxygen atoms in total. The lowest BCUT2D eigenvalue weighted by molar-refractivity contribution is -0.121. The molecule has 1 aromatic heterocycles. The van der Waals surface area contributed by atoms with E-state index in [2.05, 4.69) is 10.3 Å². The topological polar surface area (TPSA) is 62.3 Å². The quantitative estimate of drug-likeness (QED) is 0.561. The second-order valence-electron chi connectivity index (χ2n) is 7.80. The first kappa shape index (κ1) is 21.5. The number of piperidine rings is 1. The van der Waals surface area contributed by atoms with Gasteiger partial charge in [-0.1, -0.05) is 41.9 Å². The van der Waals surface area contributed by atoms with E-state index >= 15 is 0 Å². The summed E-state index contributed by atoms with van der Waals surface area (Å²) in [5.41, 5.74) is 3.54. The van der Waals surface area contributed by atoms with Gasteiger partial charge in [0.25, 0.3) is 5.91 Å². The second-order valence-corrected chi connectivity index (χ2v) is 9.44. The van der Waals surface area contributed by atoms with Crippen molar-refractivity contribution in [3.8, 4) is 11.3 Å². The third kappa shape index (κ3) is 4.81. The van der Waals surface area contributed by atoms with E-state index in [0.29, 0.717) is 36.1 Å². The van der Waals surface area contributed by atoms with Crippen LogP contribution in [0.1, 0.15) is 33.6 Å². The highest BCUT2D eigenvalue weighted by Gasteiger charge is 2.29. The lowest BCUT2D eigenvalue weighted by Gasteiger charge is -2.31. The van der Waals surface area contributed by atoms with E-state index in [9.17, 15) is 9.59 Å². The zero-order valence-electron chi connectivity index (χ0n) is 17.5. The van der Waals surface area contributed by atoms with Gasteiger partial charge in [0, 0.05) is 40.0 Å². The number of hydrogen-bond donors (Lipinski definition) is 1. The maximum absolute atomic E-state index is 12.8. The monoisotopic (exact) mass is 453 g/mol. The summed E-state index contributed by atoms with van der Waals surface area (Å²) in [7, 11) is 0. The average molecular weight is 454 g/mol. The Labute approximate surface area is 191 Å². The molecule has 31 heavy (non-hydrogen) atoms. The molecule has 2 heterocycles. The number of hydrogen-bond acceptors (Lipinski definition) is 4. The minimum absolute atomic E-state index is 0.0283. The molecule has 0 radical (unpaired) electrons. The highest BCUT2D eigenvalue weighted by Crippen LogP contribution is 2.32. The molecule has 1 N–H and O–H groups in total. The molecule has 0 spiro atoms. The molecule has 1 fully saturated rings. The van der Waals surface area contributed by atoms with E-state index in [1.165, 1.54) is 11.3 Å². The number of likely N-dealkylation sites (tertiary alicyclic amines) is 1. The van der Waals surface area contributed by atoms with Crippen LogP contribution in [0.4, 0.5) is 5.13 Å². The van der Waals surface area contributed by atoms with Gasteiger partial charge in [-0.25, -0.2) is 4.98 Å². The van der Waals surface area contributed by atoms with Crippen LogP contribution in [0.3, 0.4) is 0 Å². The van der Waals surface area contributed by atoms with E-state index in [1.807, 2.05) is 67.3 Å². The number of thiazole rings is 1. The fourth-order valence-electron chi connectivity index (χ4n) is 3.86. The van der Waals surface area contributed by atoms with Crippen LogP contribution in [0.15, 0.2) is 48.5 Å². The number of nitrogens with zero attached hydrogens (tertiary/aromatic N) is 2. The summed E-state index contributed by atoms with van der Waals surface area (Å²) in [4.78, 5) is 33.1. The summed E-state index contributed by atoms with van der Waals surface area (Å²) in [5, 5.41) is 4.26. The number of amides is 2. The van der Waals surface area contributed by atoms with Crippen molar-refractivity contribution < 1.29 is 9.59 Å². The van der Waals surface area contributed by atoms with Gasteiger partial charge in [0.2, 0.25) is 5.91 Å². The van der Waals surface area contributed by atoms with Gasteiger partial charge in [-0.3, -0.25) is 9.59 Å². The number of carbonyl (C=O) groups excluding carboxylic acids is 2. The summed E-state index contributed by atoms with van der Waals surface area (Å²) in [5.74, 6) is -0.108. The average Bonchev–Trinajstić information content (AvgIpc) is 3.14. The number of aromatic nitrogens is 1. The van der Waals surface area contributed by atoms with Crippen LogP contribution in [0.5, 0.6) is 0 Å². The van der Waals surface area contributed by atoms with Crippen LogP contribution in [0.2, 0.25) is 5.02 Å². The predicted molar refractivity (Wildman–Crippen MR) is 126 cm³/mol. The number of benzene rings is 2. The standard InChI is InChI=1S/C24H24ClN3O2S/c1-15-5-3-4-6-20(15)23(30)28-13-11-18(12-14-28)22(29)27-24-26-21(16(2)31-24)17-7-9-19(25)10-8-17/h3-10,18H,11-14H2,1-2H3,(H,26,27,29). The number of nitrogens with one attached hydrogen (secondary N) is 1. The predicted octanol–water partition coefficient (Wildman–Crippen LogP) is 5.57. The molecule has 2 aromatic carbocycles. The first-order valence-electron chi connectivity index (χ1n) is 10.3. The molecule has 0 saturated carbocycles. The number of aryl methyl sites for hydroxylation is 2. The van der Waals surface area contributed by atoms with Crippen LogP contribution < -0.4 is 5.32 Å². The fraction of sp³-hybridized carbons (Fsp3) is 0.292. The van der Waals surface area contributed by atoms with Gasteiger partial charge >= 0.3 is 0 Å². The van der Waals surface area contributed by atoms with E-state index < -0.39 is 0 Å². The summed E-state index contributed by atoms with van der Waals surface area (Å²) in [6.45, 7) is 5.10. The van der Waals surface area contributed by atoms with Crippen LogP contribution in [-0.4, -0.2) is 34.8 Å². The molecule has 1 aliphatic rings. The summed E-state index contributed by atoms with van der Waals surface area (Å²) in [6.07, 6.45) is 1.30. The van der Waals surface area contributed by atoms with Gasteiger partial charge in [0.05, 0.1) is 5.69 Å². The number of rotatable bonds is 4. The highest BCUT2D eigenvalue weighted by molar-refractivity contribution is 7.16. The van der Waals surface area contributed by atoms with Crippen molar-refractivity contribution in [3.05, 3.63) is 69.6 Å². The van der Waals surface area contributed by atoms with Crippen molar-refractivity contribution in [2.45, 2.75) is 26.7 Å². The van der Waals surface area contributed by atoms with Crippen molar-refractivity contribution in [3.63, 3.8) is 0 Å². The molecule has 0 bridgehead atoms. The van der Waals surface area contributed by atoms with E-state index in [4.69, 9.17) is 11.6 Å². The molecule has 0 atom stereocenters. The largest absolute Gasteiger partial charge is 0.339 e. The normalized spacial score (nSPS) is 14.5. The first-order chi connectivity index (χ1) is 14.9. The van der Waals surface area contributed by atoms with Gasteiger partial charge in [0.15, 0.2) is 5.13 Å². The van der Waals surface area contributed by atoms with Crippen molar-refractivity contribution in [2.75, 3.05) is 18.4 Å². The lowest BCUT2D eigenvalue weighted by Crippen LogP contribution is -2.41. The Bertz CT molecular complexity index is 1100. The van der Waals surface area contributed by atoms with Gasteiger partial charge in [0.1, 0.15) is 0 Å². The first-order valence-corrected chi connectivity index (χ1v) is 11.5. The Morgan fingerprint density at radius 1 is 1.06 bits per heavy atom. The minimum atomic E-state index is -0.121. The van der Waals surface area contributed by atoms with Crippen molar-refractivity contribution in [1.82, 2.24) is 9.88 Å². The molecular formula is C24H24ClN3O2S. The van der Waals surface area contributed by atoms with Crippen LogP contribution in [0, 0.1) is 19.8 Å². The molecule has 4 rings (SSSR count). The van der Waals surface area contributed by atoms with Crippen LogP contribution in [0.25, 0.3) is 11.3 Å². The van der Waals surface area contributed by atoms with Gasteiger partial charge < -0.3 is 10.2 Å². The highest BCUT2D eigenvalue weighted by atomic mass is 35.5. The maximum Gasteiger partial charge on any atom is 0.254 e. The Kier molecular flexibility index (Phi) is 6.39. The zero-order valence-corrected chi connectivity index (χ0v) is 19.1.